The topological polar surface area (TPSA) is 41.0 Å². The second-order valence-electron chi connectivity index (χ2n) is 6.29. The van der Waals surface area contributed by atoms with Crippen LogP contribution in [0.15, 0.2) is 48.5 Å². The Labute approximate surface area is 159 Å². The first kappa shape index (κ1) is 19.0. The van der Waals surface area contributed by atoms with Crippen molar-refractivity contribution >= 4 is 28.9 Å². The molecule has 0 atom stereocenters. The molecule has 0 saturated heterocycles. The summed E-state index contributed by atoms with van der Waals surface area (Å²) in [5, 5.41) is 4.47. The first-order valence-electron chi connectivity index (χ1n) is 9.36. The second kappa shape index (κ2) is 9.24. The molecule has 3 aromatic rings. The quantitative estimate of drug-likeness (QED) is 0.629. The van der Waals surface area contributed by atoms with Crippen LogP contribution in [0.1, 0.15) is 25.2 Å². The standard InChI is InChI=1S/C22H25FN4/c1-3-27(4-2)16-15-24-22-19-7-5-6-8-20(19)25-21(26-22)14-11-17-9-12-18(23)13-10-17/h5-14H,3-4,15-16H2,1-2H3,(H,24,25,26). The summed E-state index contributed by atoms with van der Waals surface area (Å²) in [5.74, 6) is 1.23. The molecule has 0 saturated carbocycles. The van der Waals surface area contributed by atoms with Gasteiger partial charge >= 0.3 is 0 Å². The van der Waals surface area contributed by atoms with Gasteiger partial charge in [-0.3, -0.25) is 0 Å². The van der Waals surface area contributed by atoms with Gasteiger partial charge in [-0.05, 0) is 49.0 Å². The van der Waals surface area contributed by atoms with Gasteiger partial charge in [0.1, 0.15) is 11.6 Å². The summed E-state index contributed by atoms with van der Waals surface area (Å²) in [6.45, 7) is 8.20. The highest BCUT2D eigenvalue weighted by Crippen LogP contribution is 2.21. The van der Waals surface area contributed by atoms with Crippen molar-refractivity contribution in [1.29, 1.82) is 0 Å². The summed E-state index contributed by atoms with van der Waals surface area (Å²) in [7, 11) is 0. The highest BCUT2D eigenvalue weighted by Gasteiger charge is 2.06. The van der Waals surface area contributed by atoms with E-state index in [1.807, 2.05) is 36.4 Å². The molecule has 0 aliphatic heterocycles. The Bertz CT molecular complexity index is 902. The van der Waals surface area contributed by atoms with Gasteiger partial charge in [-0.1, -0.05) is 44.2 Å². The predicted octanol–water partition coefficient (Wildman–Crippen LogP) is 4.69. The third-order valence-electron chi connectivity index (χ3n) is 4.53. The molecule has 0 bridgehead atoms. The van der Waals surface area contributed by atoms with E-state index in [9.17, 15) is 4.39 Å². The molecule has 0 unspecified atom stereocenters. The Hall–Kier alpha value is -2.79. The number of nitrogens with zero attached hydrogens (tertiary/aromatic N) is 3. The van der Waals surface area contributed by atoms with Gasteiger partial charge in [0.2, 0.25) is 0 Å². The lowest BCUT2D eigenvalue weighted by molar-refractivity contribution is 0.316. The Morgan fingerprint density at radius 2 is 1.70 bits per heavy atom. The Kier molecular flexibility index (Phi) is 6.49. The molecule has 0 amide bonds. The summed E-state index contributed by atoms with van der Waals surface area (Å²) < 4.78 is 13.0. The van der Waals surface area contributed by atoms with Crippen LogP contribution < -0.4 is 5.32 Å². The average Bonchev–Trinajstić information content (AvgIpc) is 2.70. The molecule has 5 heteroatoms. The summed E-state index contributed by atoms with van der Waals surface area (Å²) in [5.41, 5.74) is 1.81. The van der Waals surface area contributed by atoms with E-state index in [4.69, 9.17) is 0 Å². The minimum atomic E-state index is -0.242. The molecule has 27 heavy (non-hydrogen) atoms. The van der Waals surface area contributed by atoms with Crippen molar-refractivity contribution in [2.45, 2.75) is 13.8 Å². The van der Waals surface area contributed by atoms with E-state index in [-0.39, 0.29) is 5.82 Å². The molecule has 0 radical (unpaired) electrons. The van der Waals surface area contributed by atoms with Crippen molar-refractivity contribution in [1.82, 2.24) is 14.9 Å². The molecule has 0 fully saturated rings. The maximum Gasteiger partial charge on any atom is 0.154 e. The lowest BCUT2D eigenvalue weighted by atomic mass is 10.2. The van der Waals surface area contributed by atoms with Gasteiger partial charge in [-0.2, -0.15) is 0 Å². The number of fused-ring (bicyclic) bond motifs is 1. The third kappa shape index (κ3) is 5.11. The minimum Gasteiger partial charge on any atom is -0.368 e. The van der Waals surface area contributed by atoms with E-state index in [2.05, 4.69) is 34.0 Å². The third-order valence-corrected chi connectivity index (χ3v) is 4.53. The number of rotatable bonds is 8. The van der Waals surface area contributed by atoms with Crippen molar-refractivity contribution in [3.05, 3.63) is 65.7 Å². The smallest absolute Gasteiger partial charge is 0.154 e. The van der Waals surface area contributed by atoms with E-state index < -0.39 is 0 Å². The van der Waals surface area contributed by atoms with Crippen LogP contribution in [-0.4, -0.2) is 41.0 Å². The largest absolute Gasteiger partial charge is 0.368 e. The molecule has 4 nitrogen and oxygen atoms in total. The van der Waals surface area contributed by atoms with Gasteiger partial charge < -0.3 is 10.2 Å². The second-order valence-corrected chi connectivity index (χ2v) is 6.29. The number of para-hydroxylation sites is 1. The molecule has 1 heterocycles. The number of halogens is 1. The highest BCUT2D eigenvalue weighted by atomic mass is 19.1. The number of likely N-dealkylation sites (N-methyl/N-ethyl adjacent to an activating group) is 1. The van der Waals surface area contributed by atoms with Gasteiger partial charge in [0.15, 0.2) is 5.82 Å². The van der Waals surface area contributed by atoms with Crippen LogP contribution in [-0.2, 0) is 0 Å². The fourth-order valence-corrected chi connectivity index (χ4v) is 2.92. The molecular weight excluding hydrogens is 339 g/mol. The van der Waals surface area contributed by atoms with E-state index in [0.29, 0.717) is 5.82 Å². The average molecular weight is 364 g/mol. The van der Waals surface area contributed by atoms with Crippen LogP contribution >= 0.6 is 0 Å². The summed E-state index contributed by atoms with van der Waals surface area (Å²) >= 11 is 0. The molecule has 0 aliphatic rings. The van der Waals surface area contributed by atoms with Gasteiger partial charge in [-0.15, -0.1) is 0 Å². The molecule has 140 valence electrons. The summed E-state index contributed by atoms with van der Waals surface area (Å²) in [6.07, 6.45) is 3.75. The van der Waals surface area contributed by atoms with Crippen LogP contribution in [0.3, 0.4) is 0 Å². The minimum absolute atomic E-state index is 0.242. The number of hydrogen-bond donors (Lipinski definition) is 1. The Morgan fingerprint density at radius 3 is 2.44 bits per heavy atom. The number of nitrogens with one attached hydrogen (secondary N) is 1. The summed E-state index contributed by atoms with van der Waals surface area (Å²) in [6, 6.07) is 14.3. The number of aromatic nitrogens is 2. The zero-order chi connectivity index (χ0) is 19.1. The summed E-state index contributed by atoms with van der Waals surface area (Å²) in [4.78, 5) is 11.7. The molecular formula is C22H25FN4. The van der Waals surface area contributed by atoms with Crippen molar-refractivity contribution in [3.8, 4) is 0 Å². The van der Waals surface area contributed by atoms with Gasteiger partial charge in [-0.25, -0.2) is 14.4 Å². The highest BCUT2D eigenvalue weighted by molar-refractivity contribution is 5.90. The first-order valence-corrected chi connectivity index (χ1v) is 9.36. The van der Waals surface area contributed by atoms with Gasteiger partial charge in [0, 0.05) is 18.5 Å². The van der Waals surface area contributed by atoms with E-state index in [1.54, 1.807) is 12.1 Å². The molecule has 1 N–H and O–H groups in total. The predicted molar refractivity (Wildman–Crippen MR) is 111 cm³/mol. The van der Waals surface area contributed by atoms with Crippen LogP contribution in [0.25, 0.3) is 23.1 Å². The van der Waals surface area contributed by atoms with Crippen molar-refractivity contribution in [3.63, 3.8) is 0 Å². The lowest BCUT2D eigenvalue weighted by Gasteiger charge is -2.18. The van der Waals surface area contributed by atoms with Crippen molar-refractivity contribution in [2.24, 2.45) is 0 Å². The van der Waals surface area contributed by atoms with Gasteiger partial charge in [0.25, 0.3) is 0 Å². The molecule has 0 spiro atoms. The molecule has 0 aliphatic carbocycles. The van der Waals surface area contributed by atoms with E-state index in [1.165, 1.54) is 12.1 Å². The normalized spacial score (nSPS) is 11.6. The fourth-order valence-electron chi connectivity index (χ4n) is 2.92. The zero-order valence-electron chi connectivity index (χ0n) is 15.8. The molecule has 3 rings (SSSR count). The Morgan fingerprint density at radius 1 is 0.963 bits per heavy atom. The van der Waals surface area contributed by atoms with Crippen molar-refractivity contribution < 1.29 is 4.39 Å². The molecule has 2 aromatic carbocycles. The van der Waals surface area contributed by atoms with Crippen LogP contribution in [0.5, 0.6) is 0 Å². The monoisotopic (exact) mass is 364 g/mol. The molecule has 1 aromatic heterocycles. The van der Waals surface area contributed by atoms with Crippen molar-refractivity contribution in [2.75, 3.05) is 31.5 Å². The van der Waals surface area contributed by atoms with E-state index in [0.717, 1.165) is 48.5 Å². The lowest BCUT2D eigenvalue weighted by Crippen LogP contribution is -2.28. The SMILES string of the molecule is CCN(CC)CCNc1nc(C=Cc2ccc(F)cc2)nc2ccccc12. The first-order chi connectivity index (χ1) is 13.2. The maximum atomic E-state index is 13.0. The zero-order valence-corrected chi connectivity index (χ0v) is 15.8. The maximum absolute atomic E-state index is 13.0. The number of hydrogen-bond acceptors (Lipinski definition) is 4. The number of anilines is 1. The fraction of sp³-hybridized carbons (Fsp3) is 0.273. The Balaban J connectivity index is 1.82. The van der Waals surface area contributed by atoms with Gasteiger partial charge in [0.05, 0.1) is 5.52 Å². The van der Waals surface area contributed by atoms with Crippen LogP contribution in [0.2, 0.25) is 0 Å². The van der Waals surface area contributed by atoms with E-state index >= 15 is 0 Å². The van der Waals surface area contributed by atoms with Crippen LogP contribution in [0, 0.1) is 5.82 Å². The number of benzene rings is 2. The van der Waals surface area contributed by atoms with Crippen LogP contribution in [0.4, 0.5) is 10.2 Å².